The molecule has 4 aliphatic rings. The molecule has 0 heterocycles. The minimum atomic E-state index is 0.717. The lowest BCUT2D eigenvalue weighted by atomic mass is 9.48. The van der Waals surface area contributed by atoms with Gasteiger partial charge in [0.1, 0.15) is 5.75 Å². The van der Waals surface area contributed by atoms with Crippen LogP contribution in [0.15, 0.2) is 24.3 Å². The van der Waals surface area contributed by atoms with Crippen LogP contribution < -0.4 is 4.74 Å². The van der Waals surface area contributed by atoms with E-state index in [0.717, 1.165) is 23.5 Å². The third-order valence-corrected chi connectivity index (χ3v) is 6.27. The highest BCUT2D eigenvalue weighted by Gasteiger charge is 2.50. The molecule has 0 atom stereocenters. The Morgan fingerprint density at radius 1 is 0.950 bits per heavy atom. The Morgan fingerprint density at radius 2 is 1.50 bits per heavy atom. The zero-order valence-corrected chi connectivity index (χ0v) is 12.6. The fourth-order valence-electron chi connectivity index (χ4n) is 5.80. The normalized spacial score (nSPS) is 38.1. The molecule has 0 spiro atoms. The molecule has 1 nitrogen and oxygen atoms in total. The summed E-state index contributed by atoms with van der Waals surface area (Å²) in [6, 6.07) is 8.71. The molecule has 1 heteroatoms. The first kappa shape index (κ1) is 12.7. The average molecular weight is 270 g/mol. The van der Waals surface area contributed by atoms with Gasteiger partial charge in [-0.25, -0.2) is 0 Å². The molecule has 0 aliphatic heterocycles. The molecule has 4 bridgehead atoms. The zero-order chi connectivity index (χ0) is 13.6. The Hall–Kier alpha value is -0.980. The van der Waals surface area contributed by atoms with Crippen molar-refractivity contribution in [3.63, 3.8) is 0 Å². The molecule has 4 fully saturated rings. The molecular weight excluding hydrogens is 244 g/mol. The maximum absolute atomic E-state index is 5.25. The molecule has 0 N–H and O–H groups in total. The summed E-state index contributed by atoms with van der Waals surface area (Å²) < 4.78 is 5.25. The number of benzene rings is 1. The van der Waals surface area contributed by atoms with Crippen LogP contribution in [-0.2, 0) is 6.42 Å². The first-order valence-electron chi connectivity index (χ1n) is 8.38. The number of aryl methyl sites for hydroxylation is 1. The van der Waals surface area contributed by atoms with Crippen molar-refractivity contribution in [2.45, 2.75) is 51.4 Å². The molecule has 1 aromatic carbocycles. The summed E-state index contributed by atoms with van der Waals surface area (Å²) in [7, 11) is 1.74. The number of hydrogen-bond donors (Lipinski definition) is 0. The van der Waals surface area contributed by atoms with Gasteiger partial charge in [0.2, 0.25) is 0 Å². The molecule has 20 heavy (non-hydrogen) atoms. The van der Waals surface area contributed by atoms with Crippen molar-refractivity contribution in [2.24, 2.45) is 23.2 Å². The van der Waals surface area contributed by atoms with Gasteiger partial charge in [0.15, 0.2) is 0 Å². The Balaban J connectivity index is 1.43. The van der Waals surface area contributed by atoms with Crippen LogP contribution in [0.25, 0.3) is 0 Å². The van der Waals surface area contributed by atoms with Crippen molar-refractivity contribution in [3.8, 4) is 5.75 Å². The van der Waals surface area contributed by atoms with Crippen molar-refractivity contribution in [1.82, 2.24) is 0 Å². The quantitative estimate of drug-likeness (QED) is 0.760. The van der Waals surface area contributed by atoms with Gasteiger partial charge in [-0.1, -0.05) is 12.1 Å². The van der Waals surface area contributed by atoms with Crippen LogP contribution in [0.4, 0.5) is 0 Å². The van der Waals surface area contributed by atoms with Crippen LogP contribution in [0, 0.1) is 23.2 Å². The Bertz CT molecular complexity index is 438. The molecule has 1 aromatic rings. The van der Waals surface area contributed by atoms with Gasteiger partial charge >= 0.3 is 0 Å². The summed E-state index contributed by atoms with van der Waals surface area (Å²) in [6.07, 6.45) is 12.0. The van der Waals surface area contributed by atoms with Gasteiger partial charge in [0, 0.05) is 0 Å². The number of hydrogen-bond acceptors (Lipinski definition) is 1. The predicted molar refractivity (Wildman–Crippen MR) is 81.9 cm³/mol. The van der Waals surface area contributed by atoms with Crippen LogP contribution in [0.3, 0.4) is 0 Å². The van der Waals surface area contributed by atoms with E-state index in [2.05, 4.69) is 24.3 Å². The Labute approximate surface area is 122 Å². The molecule has 4 saturated carbocycles. The van der Waals surface area contributed by atoms with E-state index in [1.54, 1.807) is 26.4 Å². The maximum atomic E-state index is 5.25. The lowest BCUT2D eigenvalue weighted by Crippen LogP contribution is -2.46. The van der Waals surface area contributed by atoms with Crippen molar-refractivity contribution in [1.29, 1.82) is 0 Å². The van der Waals surface area contributed by atoms with E-state index in [-0.39, 0.29) is 0 Å². The van der Waals surface area contributed by atoms with Gasteiger partial charge in [-0.3, -0.25) is 0 Å². The summed E-state index contributed by atoms with van der Waals surface area (Å²) in [4.78, 5) is 0. The number of rotatable bonds is 4. The minimum Gasteiger partial charge on any atom is -0.497 e. The second kappa shape index (κ2) is 4.79. The zero-order valence-electron chi connectivity index (χ0n) is 12.6. The third kappa shape index (κ3) is 2.25. The lowest BCUT2D eigenvalue weighted by molar-refractivity contribution is -0.0569. The first-order valence-corrected chi connectivity index (χ1v) is 8.38. The first-order chi connectivity index (χ1) is 9.75. The summed E-state index contributed by atoms with van der Waals surface area (Å²) in [5.74, 6) is 4.22. The van der Waals surface area contributed by atoms with E-state index < -0.39 is 0 Å². The third-order valence-electron chi connectivity index (χ3n) is 6.27. The standard InChI is InChI=1S/C19H26O/c1-20-18-4-2-14(3-5-18)6-7-19-11-15-8-16(12-19)10-17(9-15)13-19/h2-5,15-17H,6-13H2,1H3. The van der Waals surface area contributed by atoms with Gasteiger partial charge in [0.25, 0.3) is 0 Å². The number of ether oxygens (including phenoxy) is 1. The van der Waals surface area contributed by atoms with Gasteiger partial charge in [-0.2, -0.15) is 0 Å². The van der Waals surface area contributed by atoms with E-state index in [1.807, 2.05) is 0 Å². The highest BCUT2D eigenvalue weighted by Crippen LogP contribution is 2.61. The smallest absolute Gasteiger partial charge is 0.118 e. The van der Waals surface area contributed by atoms with E-state index >= 15 is 0 Å². The molecule has 0 unspecified atom stereocenters. The van der Waals surface area contributed by atoms with E-state index in [9.17, 15) is 0 Å². The summed E-state index contributed by atoms with van der Waals surface area (Å²) in [5.41, 5.74) is 2.20. The second-order valence-corrected chi connectivity index (χ2v) is 7.77. The molecular formula is C19H26O. The van der Waals surface area contributed by atoms with Crippen LogP contribution in [0.5, 0.6) is 5.75 Å². The molecule has 108 valence electrons. The summed E-state index contributed by atoms with van der Waals surface area (Å²) in [6.45, 7) is 0. The van der Waals surface area contributed by atoms with Crippen LogP contribution in [0.1, 0.15) is 50.5 Å². The maximum Gasteiger partial charge on any atom is 0.118 e. The fourth-order valence-corrected chi connectivity index (χ4v) is 5.80. The largest absolute Gasteiger partial charge is 0.497 e. The molecule has 0 amide bonds. The van der Waals surface area contributed by atoms with Crippen LogP contribution in [0.2, 0.25) is 0 Å². The van der Waals surface area contributed by atoms with Crippen molar-refractivity contribution < 1.29 is 4.74 Å². The van der Waals surface area contributed by atoms with Gasteiger partial charge in [0.05, 0.1) is 7.11 Å². The van der Waals surface area contributed by atoms with Gasteiger partial charge < -0.3 is 4.74 Å². The highest BCUT2D eigenvalue weighted by atomic mass is 16.5. The monoisotopic (exact) mass is 270 g/mol. The minimum absolute atomic E-state index is 0.717. The van der Waals surface area contributed by atoms with Crippen LogP contribution in [-0.4, -0.2) is 7.11 Å². The molecule has 5 rings (SSSR count). The Kier molecular flexibility index (Phi) is 3.05. The van der Waals surface area contributed by atoms with Gasteiger partial charge in [-0.15, -0.1) is 0 Å². The van der Waals surface area contributed by atoms with E-state index in [4.69, 9.17) is 4.74 Å². The highest BCUT2D eigenvalue weighted by molar-refractivity contribution is 5.27. The van der Waals surface area contributed by atoms with E-state index in [0.29, 0.717) is 5.41 Å². The molecule has 0 radical (unpaired) electrons. The molecule has 4 aliphatic carbocycles. The van der Waals surface area contributed by atoms with Gasteiger partial charge in [-0.05, 0) is 92.2 Å². The average Bonchev–Trinajstić information content (AvgIpc) is 2.44. The summed E-state index contributed by atoms with van der Waals surface area (Å²) >= 11 is 0. The second-order valence-electron chi connectivity index (χ2n) is 7.77. The summed E-state index contributed by atoms with van der Waals surface area (Å²) in [5, 5.41) is 0. The van der Waals surface area contributed by atoms with Crippen molar-refractivity contribution in [2.75, 3.05) is 7.11 Å². The molecule has 0 saturated heterocycles. The van der Waals surface area contributed by atoms with Crippen molar-refractivity contribution >= 4 is 0 Å². The Morgan fingerprint density at radius 3 is 2.00 bits per heavy atom. The predicted octanol–water partition coefficient (Wildman–Crippen LogP) is 4.84. The fraction of sp³-hybridized carbons (Fsp3) is 0.684. The molecule has 0 aromatic heterocycles. The topological polar surface area (TPSA) is 9.23 Å². The van der Waals surface area contributed by atoms with E-state index in [1.165, 1.54) is 37.7 Å². The van der Waals surface area contributed by atoms with Crippen molar-refractivity contribution in [3.05, 3.63) is 29.8 Å². The van der Waals surface area contributed by atoms with Crippen LogP contribution >= 0.6 is 0 Å². The lowest BCUT2D eigenvalue weighted by Gasteiger charge is -2.57. The number of methoxy groups -OCH3 is 1. The SMILES string of the molecule is COc1ccc(CCC23CC4CC(CC(C4)C2)C3)cc1.